The van der Waals surface area contributed by atoms with Gasteiger partial charge in [0, 0.05) is 6.54 Å². The lowest BCUT2D eigenvalue weighted by atomic mass is 9.65. The molecule has 1 aliphatic carbocycles. The fourth-order valence-electron chi connectivity index (χ4n) is 4.56. The number of imide groups is 1. The number of rotatable bonds is 6. The van der Waals surface area contributed by atoms with Crippen LogP contribution in [-0.2, 0) is 16.1 Å². The number of hydrogen-bond acceptors (Lipinski definition) is 3. The lowest BCUT2D eigenvalue weighted by Crippen LogP contribution is -2.51. The second-order valence-electron chi connectivity index (χ2n) is 9.29. The van der Waals surface area contributed by atoms with Crippen LogP contribution in [0, 0.1) is 18.3 Å². The molecule has 3 rings (SSSR count). The van der Waals surface area contributed by atoms with Crippen molar-refractivity contribution in [2.45, 2.75) is 71.9 Å². The Kier molecular flexibility index (Phi) is 6.01. The first-order valence-corrected chi connectivity index (χ1v) is 10.6. The molecule has 1 saturated heterocycles. The topological polar surface area (TPSA) is 78.5 Å². The molecule has 0 radical (unpaired) electrons. The van der Waals surface area contributed by atoms with Crippen LogP contribution in [0.4, 0.5) is 4.79 Å². The molecule has 6 heteroatoms. The van der Waals surface area contributed by atoms with Crippen molar-refractivity contribution in [2.24, 2.45) is 11.3 Å². The first-order chi connectivity index (χ1) is 13.7. The largest absolute Gasteiger partial charge is 0.350 e. The molecule has 1 aromatic rings. The molecular weight excluding hydrogens is 366 g/mol. The highest BCUT2D eigenvalue weighted by molar-refractivity contribution is 6.09. The first-order valence-electron chi connectivity index (χ1n) is 10.6. The van der Waals surface area contributed by atoms with Crippen LogP contribution in [0.1, 0.15) is 64.0 Å². The van der Waals surface area contributed by atoms with Gasteiger partial charge in [0.1, 0.15) is 12.1 Å². The molecule has 158 valence electrons. The highest BCUT2D eigenvalue weighted by atomic mass is 16.2. The van der Waals surface area contributed by atoms with Gasteiger partial charge in [0.2, 0.25) is 5.91 Å². The molecule has 0 aromatic heterocycles. The molecule has 1 aliphatic heterocycles. The number of benzene rings is 1. The van der Waals surface area contributed by atoms with E-state index in [0.717, 1.165) is 35.3 Å². The van der Waals surface area contributed by atoms with E-state index in [0.29, 0.717) is 25.3 Å². The van der Waals surface area contributed by atoms with Gasteiger partial charge in [-0.1, -0.05) is 57.0 Å². The summed E-state index contributed by atoms with van der Waals surface area (Å²) >= 11 is 0. The number of nitrogens with zero attached hydrogens (tertiary/aromatic N) is 1. The number of carbonyl (C=O) groups excluding carboxylic acids is 3. The second kappa shape index (κ2) is 8.17. The van der Waals surface area contributed by atoms with Crippen molar-refractivity contribution < 1.29 is 14.4 Å². The lowest BCUT2D eigenvalue weighted by molar-refractivity contribution is -0.136. The quantitative estimate of drug-likeness (QED) is 0.719. The summed E-state index contributed by atoms with van der Waals surface area (Å²) in [6, 6.07) is 7.42. The zero-order valence-corrected chi connectivity index (χ0v) is 18.0. The minimum atomic E-state index is -0.825. The van der Waals surface area contributed by atoms with E-state index >= 15 is 0 Å². The maximum atomic E-state index is 13.0. The van der Waals surface area contributed by atoms with E-state index < -0.39 is 11.6 Å². The number of amides is 4. The fraction of sp³-hybridized carbons (Fsp3) is 0.609. The molecule has 2 fully saturated rings. The second-order valence-corrected chi connectivity index (χ2v) is 9.29. The van der Waals surface area contributed by atoms with Gasteiger partial charge < -0.3 is 10.6 Å². The monoisotopic (exact) mass is 399 g/mol. The van der Waals surface area contributed by atoms with Crippen molar-refractivity contribution in [3.8, 4) is 0 Å². The van der Waals surface area contributed by atoms with Gasteiger partial charge in [-0.2, -0.15) is 0 Å². The average Bonchev–Trinajstić information content (AvgIpc) is 2.91. The summed E-state index contributed by atoms with van der Waals surface area (Å²) < 4.78 is 0. The van der Waals surface area contributed by atoms with E-state index in [2.05, 4.69) is 31.4 Å². The van der Waals surface area contributed by atoms with Crippen molar-refractivity contribution in [1.29, 1.82) is 0 Å². The van der Waals surface area contributed by atoms with E-state index in [1.807, 2.05) is 31.2 Å². The molecule has 1 saturated carbocycles. The summed E-state index contributed by atoms with van der Waals surface area (Å²) in [5.41, 5.74) is 1.52. The normalized spacial score (nSPS) is 24.7. The predicted molar refractivity (Wildman–Crippen MR) is 112 cm³/mol. The van der Waals surface area contributed by atoms with Crippen LogP contribution in [0.5, 0.6) is 0 Å². The highest BCUT2D eigenvalue weighted by Gasteiger charge is 2.53. The summed E-state index contributed by atoms with van der Waals surface area (Å²) in [7, 11) is 0. The molecule has 4 amide bonds. The van der Waals surface area contributed by atoms with Gasteiger partial charge >= 0.3 is 6.03 Å². The summed E-state index contributed by atoms with van der Waals surface area (Å²) in [6.07, 6.45) is 4.22. The van der Waals surface area contributed by atoms with E-state index in [-0.39, 0.29) is 23.8 Å². The molecule has 29 heavy (non-hydrogen) atoms. The van der Waals surface area contributed by atoms with E-state index in [1.165, 1.54) is 0 Å². The molecule has 2 N–H and O–H groups in total. The van der Waals surface area contributed by atoms with Crippen molar-refractivity contribution in [3.63, 3.8) is 0 Å². The molecular formula is C23H33N3O3. The van der Waals surface area contributed by atoms with Crippen LogP contribution >= 0.6 is 0 Å². The van der Waals surface area contributed by atoms with Gasteiger partial charge in [0.05, 0.1) is 0 Å². The lowest BCUT2D eigenvalue weighted by Gasteiger charge is -2.42. The van der Waals surface area contributed by atoms with E-state index in [1.54, 1.807) is 0 Å². The third-order valence-electron chi connectivity index (χ3n) is 6.98. The van der Waals surface area contributed by atoms with Crippen molar-refractivity contribution in [3.05, 3.63) is 35.4 Å². The maximum Gasteiger partial charge on any atom is 0.325 e. The Labute approximate surface area is 173 Å². The molecule has 6 nitrogen and oxygen atoms in total. The van der Waals surface area contributed by atoms with Gasteiger partial charge in [-0.05, 0) is 49.5 Å². The number of hydrogen-bond donors (Lipinski definition) is 2. The van der Waals surface area contributed by atoms with Gasteiger partial charge in [-0.25, -0.2) is 4.79 Å². The van der Waals surface area contributed by atoms with Gasteiger partial charge in [0.25, 0.3) is 5.91 Å². The van der Waals surface area contributed by atoms with Crippen LogP contribution in [0.25, 0.3) is 0 Å². The average molecular weight is 400 g/mol. The zero-order valence-electron chi connectivity index (χ0n) is 18.0. The molecule has 1 heterocycles. The minimum Gasteiger partial charge on any atom is -0.350 e. The highest BCUT2D eigenvalue weighted by Crippen LogP contribution is 2.45. The summed E-state index contributed by atoms with van der Waals surface area (Å²) in [5, 5.41) is 5.71. The van der Waals surface area contributed by atoms with Crippen LogP contribution in [0.15, 0.2) is 24.3 Å². The molecule has 0 unspecified atom stereocenters. The number of aryl methyl sites for hydroxylation is 1. The van der Waals surface area contributed by atoms with Crippen molar-refractivity contribution >= 4 is 17.8 Å². The Morgan fingerprint density at radius 2 is 1.97 bits per heavy atom. The molecule has 1 aromatic carbocycles. The summed E-state index contributed by atoms with van der Waals surface area (Å²) in [6.45, 7) is 8.88. The predicted octanol–water partition coefficient (Wildman–Crippen LogP) is 3.53. The van der Waals surface area contributed by atoms with Crippen LogP contribution in [0.3, 0.4) is 0 Å². The van der Waals surface area contributed by atoms with Gasteiger partial charge in [-0.15, -0.1) is 0 Å². The Hall–Kier alpha value is -2.37. The Morgan fingerprint density at radius 3 is 2.59 bits per heavy atom. The first kappa shape index (κ1) is 21.3. The molecule has 0 atom stereocenters. The SMILES string of the molecule is CCC(C)(C)C1CCC2(CC1)NC(=O)N(CC(=O)NCc1cccc(C)c1)C2=O. The zero-order chi connectivity index (χ0) is 21.2. The summed E-state index contributed by atoms with van der Waals surface area (Å²) in [5.74, 6) is -0.0247. The van der Waals surface area contributed by atoms with Crippen LogP contribution in [-0.4, -0.2) is 34.8 Å². The number of urea groups is 1. The Balaban J connectivity index is 1.57. The van der Waals surface area contributed by atoms with Crippen molar-refractivity contribution in [1.82, 2.24) is 15.5 Å². The standard InChI is InChI=1S/C23H33N3O3/c1-5-22(3,4)18-9-11-23(12-10-18)20(28)26(21(29)25-23)15-19(27)24-14-17-8-6-7-16(2)13-17/h6-8,13,18H,5,9-12,14-15H2,1-4H3,(H,24,27)(H,25,29). The Morgan fingerprint density at radius 1 is 1.28 bits per heavy atom. The van der Waals surface area contributed by atoms with Crippen LogP contribution < -0.4 is 10.6 Å². The fourth-order valence-corrected chi connectivity index (χ4v) is 4.56. The Bertz CT molecular complexity index is 794. The molecule has 0 bridgehead atoms. The maximum absolute atomic E-state index is 13.0. The summed E-state index contributed by atoms with van der Waals surface area (Å²) in [4.78, 5) is 38.9. The van der Waals surface area contributed by atoms with Crippen LogP contribution in [0.2, 0.25) is 0 Å². The third-order valence-corrected chi connectivity index (χ3v) is 6.98. The smallest absolute Gasteiger partial charge is 0.325 e. The number of carbonyl (C=O) groups is 3. The molecule has 1 spiro atoms. The third kappa shape index (κ3) is 4.46. The number of nitrogens with one attached hydrogen (secondary N) is 2. The molecule has 2 aliphatic rings. The van der Waals surface area contributed by atoms with Gasteiger partial charge in [-0.3, -0.25) is 14.5 Å². The van der Waals surface area contributed by atoms with E-state index in [4.69, 9.17) is 0 Å². The minimum absolute atomic E-state index is 0.234. The van der Waals surface area contributed by atoms with E-state index in [9.17, 15) is 14.4 Å². The van der Waals surface area contributed by atoms with Gasteiger partial charge in [0.15, 0.2) is 0 Å². The van der Waals surface area contributed by atoms with Crippen molar-refractivity contribution in [2.75, 3.05) is 6.54 Å².